The molecule has 112 valence electrons. The smallest absolute Gasteiger partial charge is 0.304 e. The van der Waals surface area contributed by atoms with E-state index >= 15 is 0 Å². The van der Waals surface area contributed by atoms with Crippen LogP contribution < -0.4 is 4.72 Å². The van der Waals surface area contributed by atoms with Crippen molar-refractivity contribution < 1.29 is 18.3 Å². The van der Waals surface area contributed by atoms with Gasteiger partial charge >= 0.3 is 5.97 Å². The molecule has 0 aromatic rings. The predicted octanol–water partition coefficient (Wildman–Crippen LogP) is 1.20. The summed E-state index contributed by atoms with van der Waals surface area (Å²) in [5.41, 5.74) is 0.0267. The summed E-state index contributed by atoms with van der Waals surface area (Å²) in [4.78, 5) is 10.4. The summed E-state index contributed by atoms with van der Waals surface area (Å²) in [5, 5.41) is 8.56. The van der Waals surface area contributed by atoms with E-state index in [4.69, 9.17) is 5.11 Å². The molecule has 0 unspecified atom stereocenters. The Bertz CT molecular complexity index is 402. The van der Waals surface area contributed by atoms with Crippen LogP contribution in [0.3, 0.4) is 0 Å². The van der Waals surface area contributed by atoms with Crippen LogP contribution in [0.25, 0.3) is 0 Å². The topological polar surface area (TPSA) is 86.7 Å². The van der Waals surface area contributed by atoms with Gasteiger partial charge in [0.05, 0.1) is 6.42 Å². The number of rotatable bonds is 7. The summed E-state index contributed by atoms with van der Waals surface area (Å²) in [6.45, 7) is 2.51. The summed E-state index contributed by atoms with van der Waals surface area (Å²) in [5.74, 6) is -0.999. The van der Waals surface area contributed by atoms with E-state index in [0.29, 0.717) is 6.54 Å². The number of carbonyl (C=O) groups is 1. The van der Waals surface area contributed by atoms with Crippen molar-refractivity contribution in [3.63, 3.8) is 0 Å². The Morgan fingerprint density at radius 1 is 1.32 bits per heavy atom. The molecule has 0 amide bonds. The van der Waals surface area contributed by atoms with Crippen molar-refractivity contribution in [1.82, 2.24) is 9.03 Å². The quantitative estimate of drug-likeness (QED) is 0.738. The molecule has 7 heteroatoms. The van der Waals surface area contributed by atoms with E-state index in [9.17, 15) is 13.2 Å². The van der Waals surface area contributed by atoms with Crippen LogP contribution in [-0.2, 0) is 15.0 Å². The number of hydrogen-bond acceptors (Lipinski definition) is 3. The normalized spacial score (nSPS) is 19.5. The van der Waals surface area contributed by atoms with E-state index in [1.807, 2.05) is 0 Å². The van der Waals surface area contributed by atoms with Gasteiger partial charge < -0.3 is 5.11 Å². The molecule has 1 rings (SSSR count). The lowest BCUT2D eigenvalue weighted by Crippen LogP contribution is -2.44. The fourth-order valence-corrected chi connectivity index (χ4v) is 3.41. The summed E-state index contributed by atoms with van der Waals surface area (Å²) in [6, 6.07) is 0. The molecule has 0 saturated heterocycles. The fraction of sp³-hybridized carbons (Fsp3) is 0.917. The van der Waals surface area contributed by atoms with Crippen molar-refractivity contribution >= 4 is 16.2 Å². The standard InChI is InChI=1S/C12H24N2O4S/c1-12(7-4-3-5-8-12)10-13-19(17,18)14(2)9-6-11(15)16/h13H,3-10H2,1-2H3,(H,15,16). The maximum atomic E-state index is 11.9. The zero-order valence-electron chi connectivity index (χ0n) is 11.7. The van der Waals surface area contributed by atoms with Crippen molar-refractivity contribution in [1.29, 1.82) is 0 Å². The van der Waals surface area contributed by atoms with Crippen LogP contribution in [0.4, 0.5) is 0 Å². The van der Waals surface area contributed by atoms with Crippen LogP contribution in [0.5, 0.6) is 0 Å². The molecule has 0 heterocycles. The molecule has 2 N–H and O–H groups in total. The Labute approximate surface area is 115 Å². The number of carboxylic acids is 1. The molecular weight excluding hydrogens is 268 g/mol. The van der Waals surface area contributed by atoms with E-state index in [2.05, 4.69) is 11.6 Å². The molecule has 1 fully saturated rings. The van der Waals surface area contributed by atoms with Crippen LogP contribution in [0.15, 0.2) is 0 Å². The van der Waals surface area contributed by atoms with E-state index in [-0.39, 0.29) is 18.4 Å². The minimum Gasteiger partial charge on any atom is -0.481 e. The molecule has 0 aromatic heterocycles. The second kappa shape index (κ2) is 6.67. The van der Waals surface area contributed by atoms with Crippen molar-refractivity contribution in [2.45, 2.75) is 45.4 Å². The lowest BCUT2D eigenvalue weighted by Gasteiger charge is -2.34. The van der Waals surface area contributed by atoms with Gasteiger partial charge in [0.15, 0.2) is 0 Å². The third kappa shape index (κ3) is 5.46. The SMILES string of the molecule is CN(CCC(=O)O)S(=O)(=O)NCC1(C)CCCCC1. The molecule has 1 aliphatic rings. The Kier molecular flexibility index (Phi) is 5.76. The third-order valence-electron chi connectivity index (χ3n) is 3.79. The Hall–Kier alpha value is -0.660. The Morgan fingerprint density at radius 2 is 1.89 bits per heavy atom. The summed E-state index contributed by atoms with van der Waals surface area (Å²) < 4.78 is 27.6. The van der Waals surface area contributed by atoms with E-state index in [1.165, 1.54) is 13.5 Å². The summed E-state index contributed by atoms with van der Waals surface area (Å²) >= 11 is 0. The fourth-order valence-electron chi connectivity index (χ4n) is 2.33. The number of nitrogens with one attached hydrogen (secondary N) is 1. The third-order valence-corrected chi connectivity index (χ3v) is 5.31. The summed E-state index contributed by atoms with van der Waals surface area (Å²) in [6.07, 6.45) is 5.40. The highest BCUT2D eigenvalue weighted by Crippen LogP contribution is 2.35. The largest absolute Gasteiger partial charge is 0.481 e. The van der Waals surface area contributed by atoms with Gasteiger partial charge in [0.25, 0.3) is 10.2 Å². The average molecular weight is 292 g/mol. The van der Waals surface area contributed by atoms with Crippen LogP contribution in [0.2, 0.25) is 0 Å². The molecule has 0 aliphatic heterocycles. The van der Waals surface area contributed by atoms with Gasteiger partial charge in [-0.05, 0) is 18.3 Å². The van der Waals surface area contributed by atoms with Crippen LogP contribution in [-0.4, -0.2) is 43.9 Å². The number of nitrogens with zero attached hydrogens (tertiary/aromatic N) is 1. The van der Waals surface area contributed by atoms with Crippen molar-refractivity contribution in [3.8, 4) is 0 Å². The molecule has 0 atom stereocenters. The second-order valence-electron chi connectivity index (χ2n) is 5.66. The first-order valence-corrected chi connectivity index (χ1v) is 8.12. The molecule has 6 nitrogen and oxygen atoms in total. The average Bonchev–Trinajstić information content (AvgIpc) is 2.34. The highest BCUT2D eigenvalue weighted by atomic mass is 32.2. The molecule has 1 saturated carbocycles. The van der Waals surface area contributed by atoms with Gasteiger partial charge in [-0.2, -0.15) is 12.7 Å². The van der Waals surface area contributed by atoms with Gasteiger partial charge in [-0.3, -0.25) is 4.79 Å². The van der Waals surface area contributed by atoms with Crippen LogP contribution >= 0.6 is 0 Å². The number of hydrogen-bond donors (Lipinski definition) is 2. The first-order valence-electron chi connectivity index (χ1n) is 6.68. The molecule has 0 spiro atoms. The highest BCUT2D eigenvalue weighted by Gasteiger charge is 2.29. The lowest BCUT2D eigenvalue weighted by atomic mass is 9.76. The van der Waals surface area contributed by atoms with Gasteiger partial charge in [0.1, 0.15) is 0 Å². The van der Waals surface area contributed by atoms with E-state index < -0.39 is 16.2 Å². The van der Waals surface area contributed by atoms with Gasteiger partial charge in [0, 0.05) is 20.1 Å². The molecule has 19 heavy (non-hydrogen) atoms. The van der Waals surface area contributed by atoms with Crippen molar-refractivity contribution in [3.05, 3.63) is 0 Å². The van der Waals surface area contributed by atoms with Crippen LogP contribution in [0, 0.1) is 5.41 Å². The van der Waals surface area contributed by atoms with E-state index in [1.54, 1.807) is 0 Å². The first-order chi connectivity index (χ1) is 8.75. The van der Waals surface area contributed by atoms with Crippen molar-refractivity contribution in [2.75, 3.05) is 20.1 Å². The second-order valence-corrected chi connectivity index (χ2v) is 7.52. The van der Waals surface area contributed by atoms with Gasteiger partial charge in [-0.25, -0.2) is 4.72 Å². The molecule has 0 aromatic carbocycles. The van der Waals surface area contributed by atoms with Crippen LogP contribution in [0.1, 0.15) is 45.4 Å². The minimum atomic E-state index is -3.57. The highest BCUT2D eigenvalue weighted by molar-refractivity contribution is 7.87. The number of aliphatic carboxylic acids is 1. The van der Waals surface area contributed by atoms with Gasteiger partial charge in [-0.15, -0.1) is 0 Å². The minimum absolute atomic E-state index is 0.0125. The lowest BCUT2D eigenvalue weighted by molar-refractivity contribution is -0.137. The zero-order valence-corrected chi connectivity index (χ0v) is 12.5. The molecular formula is C12H24N2O4S. The Balaban J connectivity index is 2.47. The van der Waals surface area contributed by atoms with E-state index in [0.717, 1.165) is 30.0 Å². The summed E-state index contributed by atoms with van der Waals surface area (Å²) in [7, 11) is -2.18. The van der Waals surface area contributed by atoms with Crippen molar-refractivity contribution in [2.24, 2.45) is 5.41 Å². The zero-order chi connectivity index (χ0) is 14.5. The molecule has 0 radical (unpaired) electrons. The number of carboxylic acid groups (broad SMARTS) is 1. The predicted molar refractivity (Wildman–Crippen MR) is 73.0 cm³/mol. The molecule has 1 aliphatic carbocycles. The first kappa shape index (κ1) is 16.4. The maximum absolute atomic E-state index is 11.9. The Morgan fingerprint density at radius 3 is 2.42 bits per heavy atom. The maximum Gasteiger partial charge on any atom is 0.304 e. The molecule has 0 bridgehead atoms. The van der Waals surface area contributed by atoms with Gasteiger partial charge in [-0.1, -0.05) is 26.2 Å². The van der Waals surface area contributed by atoms with Gasteiger partial charge in [0.2, 0.25) is 0 Å². The monoisotopic (exact) mass is 292 g/mol.